The van der Waals surface area contributed by atoms with E-state index < -0.39 is 16.6 Å². The first-order valence-electron chi connectivity index (χ1n) is 10.4. The number of carbonyl (C=O) groups excluding carboxylic acids is 1. The molecule has 174 valence electrons. The lowest BCUT2D eigenvalue weighted by atomic mass is 10.0. The molecule has 1 fully saturated rings. The Morgan fingerprint density at radius 3 is 2.52 bits per heavy atom. The minimum Gasteiger partial charge on any atom is -0.435 e. The lowest BCUT2D eigenvalue weighted by Gasteiger charge is -2.14. The molecular weight excluding hydrogens is 452 g/mol. The fourth-order valence-electron chi connectivity index (χ4n) is 3.77. The highest BCUT2D eigenvalue weighted by Crippen LogP contribution is 2.28. The van der Waals surface area contributed by atoms with Crippen molar-refractivity contribution in [3.8, 4) is 5.75 Å². The summed E-state index contributed by atoms with van der Waals surface area (Å²) >= 11 is 0. The van der Waals surface area contributed by atoms with Gasteiger partial charge in [0.05, 0.1) is 0 Å². The summed E-state index contributed by atoms with van der Waals surface area (Å²) in [5.41, 5.74) is 1.65. The van der Waals surface area contributed by atoms with E-state index in [9.17, 15) is 22.0 Å². The first kappa shape index (κ1) is 22.8. The Balaban J connectivity index is 1.56. The highest BCUT2D eigenvalue weighted by molar-refractivity contribution is 7.92. The van der Waals surface area contributed by atoms with Crippen molar-refractivity contribution in [3.05, 3.63) is 77.6 Å². The van der Waals surface area contributed by atoms with Crippen LogP contribution >= 0.6 is 0 Å². The number of anilines is 1. The molecule has 1 aromatic heterocycles. The van der Waals surface area contributed by atoms with Gasteiger partial charge in [-0.25, -0.2) is 8.42 Å². The van der Waals surface area contributed by atoms with E-state index in [4.69, 9.17) is 0 Å². The van der Waals surface area contributed by atoms with Gasteiger partial charge in [0.25, 0.3) is 15.9 Å². The van der Waals surface area contributed by atoms with Gasteiger partial charge in [0, 0.05) is 37.0 Å². The summed E-state index contributed by atoms with van der Waals surface area (Å²) in [4.78, 5) is 16.8. The van der Waals surface area contributed by atoms with Gasteiger partial charge >= 0.3 is 6.61 Å². The van der Waals surface area contributed by atoms with Gasteiger partial charge in [-0.2, -0.15) is 8.78 Å². The second kappa shape index (κ2) is 9.62. The van der Waals surface area contributed by atoms with Crippen molar-refractivity contribution in [2.75, 3.05) is 17.8 Å². The van der Waals surface area contributed by atoms with Crippen molar-refractivity contribution in [1.29, 1.82) is 0 Å². The van der Waals surface area contributed by atoms with Crippen LogP contribution < -0.4 is 9.46 Å². The van der Waals surface area contributed by atoms with Crippen LogP contribution in [-0.2, 0) is 16.4 Å². The molecule has 1 saturated heterocycles. The summed E-state index contributed by atoms with van der Waals surface area (Å²) in [6.07, 6.45) is 3.38. The Bertz CT molecular complexity index is 1220. The molecule has 1 aliphatic heterocycles. The van der Waals surface area contributed by atoms with Crippen LogP contribution in [0.1, 0.15) is 34.5 Å². The number of H-pyrrole nitrogens is 1. The number of benzene rings is 2. The molecule has 0 aliphatic carbocycles. The molecular formula is C23H23F2N3O4S. The van der Waals surface area contributed by atoms with Crippen molar-refractivity contribution < 1.29 is 26.7 Å². The van der Waals surface area contributed by atoms with Crippen molar-refractivity contribution >= 4 is 21.6 Å². The van der Waals surface area contributed by atoms with Crippen LogP contribution in [0.4, 0.5) is 14.5 Å². The van der Waals surface area contributed by atoms with Gasteiger partial charge < -0.3 is 14.6 Å². The smallest absolute Gasteiger partial charge is 0.387 e. The second-order valence-electron chi connectivity index (χ2n) is 7.72. The maximum Gasteiger partial charge on any atom is 0.387 e. The number of carbonyl (C=O) groups is 1. The van der Waals surface area contributed by atoms with Crippen molar-refractivity contribution in [3.63, 3.8) is 0 Å². The number of aromatic amines is 1. The summed E-state index contributed by atoms with van der Waals surface area (Å²) in [5, 5.41) is 0. The van der Waals surface area contributed by atoms with Crippen molar-refractivity contribution in [2.45, 2.75) is 30.8 Å². The molecule has 33 heavy (non-hydrogen) atoms. The Morgan fingerprint density at radius 1 is 1.09 bits per heavy atom. The maximum absolute atomic E-state index is 12.9. The molecule has 10 heteroatoms. The summed E-state index contributed by atoms with van der Waals surface area (Å²) in [6.45, 7) is -1.71. The second-order valence-corrected chi connectivity index (χ2v) is 9.40. The number of ether oxygens (including phenoxy) is 1. The zero-order valence-electron chi connectivity index (χ0n) is 17.6. The number of halogens is 2. The summed E-state index contributed by atoms with van der Waals surface area (Å²) in [6, 6.07) is 14.6. The number of sulfonamides is 1. The Labute approximate surface area is 190 Å². The van der Waals surface area contributed by atoms with Crippen molar-refractivity contribution in [1.82, 2.24) is 9.88 Å². The summed E-state index contributed by atoms with van der Waals surface area (Å²) in [5.74, 6) is -0.274. The molecule has 1 amide bonds. The van der Waals surface area contributed by atoms with Crippen LogP contribution in [0.25, 0.3) is 0 Å². The van der Waals surface area contributed by atoms with E-state index in [1.165, 1.54) is 30.5 Å². The number of alkyl halides is 2. The first-order chi connectivity index (χ1) is 15.8. The van der Waals surface area contributed by atoms with E-state index in [0.717, 1.165) is 18.4 Å². The highest BCUT2D eigenvalue weighted by Gasteiger charge is 2.24. The third kappa shape index (κ3) is 5.51. The molecule has 0 spiro atoms. The number of nitrogens with one attached hydrogen (secondary N) is 2. The van der Waals surface area contributed by atoms with E-state index in [2.05, 4.69) is 14.4 Å². The molecule has 2 N–H and O–H groups in total. The first-order valence-corrected chi connectivity index (χ1v) is 11.9. The van der Waals surface area contributed by atoms with Gasteiger partial charge in [-0.15, -0.1) is 0 Å². The number of rotatable bonds is 8. The maximum atomic E-state index is 12.9. The van der Waals surface area contributed by atoms with E-state index in [1.54, 1.807) is 4.90 Å². The molecule has 0 bridgehead atoms. The molecule has 0 atom stereocenters. The molecule has 0 radical (unpaired) electrons. The number of amides is 1. The molecule has 0 unspecified atom stereocenters. The summed E-state index contributed by atoms with van der Waals surface area (Å²) in [7, 11) is -4.02. The third-order valence-corrected chi connectivity index (χ3v) is 6.72. The lowest BCUT2D eigenvalue weighted by molar-refractivity contribution is -0.0503. The van der Waals surface area contributed by atoms with Gasteiger partial charge in [0.2, 0.25) is 0 Å². The topological polar surface area (TPSA) is 91.5 Å². The molecule has 3 aromatic rings. The van der Waals surface area contributed by atoms with Crippen molar-refractivity contribution in [2.24, 2.45) is 0 Å². The minimum absolute atomic E-state index is 0.0306. The van der Waals surface area contributed by atoms with E-state index >= 15 is 0 Å². The molecule has 7 nitrogen and oxygen atoms in total. The number of likely N-dealkylation sites (tertiary alicyclic amines) is 1. The normalized spacial score (nSPS) is 14.0. The Kier molecular flexibility index (Phi) is 6.64. The predicted octanol–water partition coefficient (Wildman–Crippen LogP) is 4.24. The van der Waals surface area contributed by atoms with E-state index in [1.807, 2.05) is 30.3 Å². The van der Waals surface area contributed by atoms with Crippen LogP contribution in [0.5, 0.6) is 5.75 Å². The lowest BCUT2D eigenvalue weighted by Crippen LogP contribution is -2.27. The molecule has 4 rings (SSSR count). The van der Waals surface area contributed by atoms with Gasteiger partial charge in [-0.3, -0.25) is 9.52 Å². The number of hydrogen-bond acceptors (Lipinski definition) is 4. The van der Waals surface area contributed by atoms with Crippen LogP contribution in [0.2, 0.25) is 0 Å². The van der Waals surface area contributed by atoms with Gasteiger partial charge in [0.1, 0.15) is 16.3 Å². The van der Waals surface area contributed by atoms with Gasteiger partial charge in [-0.05, 0) is 42.7 Å². The SMILES string of the molecule is O=C(c1cc(S(=O)(=O)Nc2ccc(OC(F)F)c(Cc3ccccc3)c2)c[nH]1)N1CCCC1. The molecule has 2 heterocycles. The average Bonchev–Trinajstić information content (AvgIpc) is 3.48. The largest absolute Gasteiger partial charge is 0.435 e. The zero-order chi connectivity index (χ0) is 23.4. The van der Waals surface area contributed by atoms with E-state index in [0.29, 0.717) is 18.7 Å². The quantitative estimate of drug-likeness (QED) is 0.510. The Morgan fingerprint density at radius 2 is 1.82 bits per heavy atom. The molecule has 2 aromatic carbocycles. The number of hydrogen-bond donors (Lipinski definition) is 2. The van der Waals surface area contributed by atoms with Crippen LogP contribution in [0.3, 0.4) is 0 Å². The number of aromatic nitrogens is 1. The fourth-order valence-corrected chi connectivity index (χ4v) is 4.81. The predicted molar refractivity (Wildman–Crippen MR) is 119 cm³/mol. The zero-order valence-corrected chi connectivity index (χ0v) is 18.4. The van der Waals surface area contributed by atoms with Crippen LogP contribution in [0.15, 0.2) is 65.7 Å². The van der Waals surface area contributed by atoms with Crippen LogP contribution in [0, 0.1) is 0 Å². The van der Waals surface area contributed by atoms with E-state index in [-0.39, 0.29) is 34.4 Å². The minimum atomic E-state index is -4.02. The van der Waals surface area contributed by atoms with Gasteiger partial charge in [0.15, 0.2) is 0 Å². The van der Waals surface area contributed by atoms with Gasteiger partial charge in [-0.1, -0.05) is 30.3 Å². The highest BCUT2D eigenvalue weighted by atomic mass is 32.2. The molecule has 1 aliphatic rings. The monoisotopic (exact) mass is 475 g/mol. The number of nitrogens with zero attached hydrogens (tertiary/aromatic N) is 1. The third-order valence-electron chi connectivity index (χ3n) is 5.36. The standard InChI is InChI=1S/C23H23F2N3O4S/c24-23(25)32-21-9-8-18(13-17(21)12-16-6-2-1-3-7-16)27-33(30,31)19-14-20(26-15-19)22(29)28-10-4-5-11-28/h1-3,6-9,13-15,23,26-27H,4-5,10-12H2. The Hall–Kier alpha value is -3.40. The fraction of sp³-hybridized carbons (Fsp3) is 0.261. The molecule has 0 saturated carbocycles. The average molecular weight is 476 g/mol. The summed E-state index contributed by atoms with van der Waals surface area (Å²) < 4.78 is 58.5. The van der Waals surface area contributed by atoms with Crippen LogP contribution in [-0.4, -0.2) is 43.9 Å².